The zero-order valence-electron chi connectivity index (χ0n) is 15.8. The van der Waals surface area contributed by atoms with Gasteiger partial charge in [0.15, 0.2) is 5.16 Å². The Kier molecular flexibility index (Phi) is 6.11. The molecule has 3 rings (SSSR count). The summed E-state index contributed by atoms with van der Waals surface area (Å²) in [5.41, 5.74) is 3.57. The monoisotopic (exact) mass is 384 g/mol. The number of hydrogen-bond acceptors (Lipinski definition) is 5. The molecule has 0 radical (unpaired) electrons. The van der Waals surface area contributed by atoms with Crippen LogP contribution in [-0.2, 0) is 9.59 Å². The molecule has 1 heterocycles. The van der Waals surface area contributed by atoms with Crippen molar-refractivity contribution in [1.29, 1.82) is 0 Å². The fourth-order valence-electron chi connectivity index (χ4n) is 2.70. The topological polar surface area (TPSA) is 84.0 Å². The Labute approximate surface area is 163 Å². The van der Waals surface area contributed by atoms with Gasteiger partial charge in [-0.3, -0.25) is 9.59 Å². The van der Waals surface area contributed by atoms with E-state index in [1.54, 1.807) is 0 Å². The first-order valence-corrected chi connectivity index (χ1v) is 10.0. The number of amides is 2. The van der Waals surface area contributed by atoms with Gasteiger partial charge in [-0.1, -0.05) is 23.9 Å². The summed E-state index contributed by atoms with van der Waals surface area (Å²) in [6, 6.07) is 9.38. The highest BCUT2D eigenvalue weighted by molar-refractivity contribution is 7.99. The predicted octanol–water partition coefficient (Wildman–Crippen LogP) is 3.41. The summed E-state index contributed by atoms with van der Waals surface area (Å²) in [4.78, 5) is 32.7. The largest absolute Gasteiger partial charge is 0.349 e. The van der Waals surface area contributed by atoms with Crippen LogP contribution < -0.4 is 10.6 Å². The summed E-state index contributed by atoms with van der Waals surface area (Å²) in [6.45, 7) is 5.77. The molecule has 2 amide bonds. The third-order valence-electron chi connectivity index (χ3n) is 4.30. The number of carbonyl (C=O) groups is 2. The second-order valence-corrected chi connectivity index (χ2v) is 7.84. The molecule has 0 spiro atoms. The fraction of sp³-hybridized carbons (Fsp3) is 0.400. The van der Waals surface area contributed by atoms with Crippen LogP contribution in [0, 0.1) is 19.8 Å². The van der Waals surface area contributed by atoms with E-state index in [-0.39, 0.29) is 29.5 Å². The Bertz CT molecular complexity index is 814. The summed E-state index contributed by atoms with van der Waals surface area (Å²) >= 11 is 1.33. The number of aromatic nitrogens is 2. The molecule has 1 atom stereocenters. The van der Waals surface area contributed by atoms with Crippen LogP contribution in [0.2, 0.25) is 0 Å². The van der Waals surface area contributed by atoms with Crippen LogP contribution in [0.4, 0.5) is 5.69 Å². The normalized spacial score (nSPS) is 14.5. The van der Waals surface area contributed by atoms with Crippen LogP contribution in [0.3, 0.4) is 0 Å². The molecule has 0 aliphatic heterocycles. The molecular formula is C20H24N4O2S. The lowest BCUT2D eigenvalue weighted by Gasteiger charge is -2.15. The van der Waals surface area contributed by atoms with Crippen molar-refractivity contribution in [3.63, 3.8) is 0 Å². The molecular weight excluding hydrogens is 360 g/mol. The van der Waals surface area contributed by atoms with Gasteiger partial charge in [0.1, 0.15) is 0 Å². The maximum atomic E-state index is 12.2. The highest BCUT2D eigenvalue weighted by atomic mass is 32.2. The highest BCUT2D eigenvalue weighted by Crippen LogP contribution is 2.30. The van der Waals surface area contributed by atoms with Crippen molar-refractivity contribution in [3.05, 3.63) is 47.3 Å². The van der Waals surface area contributed by atoms with Crippen LogP contribution in [0.15, 0.2) is 35.5 Å². The number of nitrogens with one attached hydrogen (secondary N) is 2. The van der Waals surface area contributed by atoms with Gasteiger partial charge in [-0.05, 0) is 57.4 Å². The van der Waals surface area contributed by atoms with Crippen LogP contribution in [0.5, 0.6) is 0 Å². The first-order valence-electron chi connectivity index (χ1n) is 9.06. The molecule has 142 valence electrons. The lowest BCUT2D eigenvalue weighted by Crippen LogP contribution is -2.28. The molecule has 6 nitrogen and oxygen atoms in total. The smallest absolute Gasteiger partial charge is 0.230 e. The van der Waals surface area contributed by atoms with Gasteiger partial charge in [-0.25, -0.2) is 9.97 Å². The molecule has 2 aromatic rings. The molecule has 1 aromatic carbocycles. The molecule has 7 heteroatoms. The minimum atomic E-state index is -0.119. The van der Waals surface area contributed by atoms with E-state index in [4.69, 9.17) is 0 Å². The standard InChI is InChI=1S/C20H24N4O2S/c1-12-10-13(2)22-20(21-12)27-11-18(25)23-14(3)15-6-8-17(9-7-15)24-19(26)16-4-5-16/h6-10,14,16H,4-5,11H2,1-3H3,(H,23,25)(H,24,26). The van der Waals surface area contributed by atoms with Crippen molar-refractivity contribution in [3.8, 4) is 0 Å². The van der Waals surface area contributed by atoms with E-state index >= 15 is 0 Å². The van der Waals surface area contributed by atoms with Gasteiger partial charge >= 0.3 is 0 Å². The second kappa shape index (κ2) is 8.52. The van der Waals surface area contributed by atoms with Crippen LogP contribution in [0.1, 0.15) is 42.8 Å². The SMILES string of the molecule is Cc1cc(C)nc(SCC(=O)NC(C)c2ccc(NC(=O)C3CC3)cc2)n1. The number of rotatable bonds is 7. The molecule has 1 fully saturated rings. The molecule has 0 bridgehead atoms. The molecule has 2 N–H and O–H groups in total. The second-order valence-electron chi connectivity index (χ2n) is 6.90. The predicted molar refractivity (Wildman–Crippen MR) is 107 cm³/mol. The van der Waals surface area contributed by atoms with E-state index in [1.165, 1.54) is 11.8 Å². The van der Waals surface area contributed by atoms with E-state index < -0.39 is 0 Å². The van der Waals surface area contributed by atoms with E-state index in [0.29, 0.717) is 5.16 Å². The zero-order valence-corrected chi connectivity index (χ0v) is 16.6. The zero-order chi connectivity index (χ0) is 19.4. The van der Waals surface area contributed by atoms with Crippen LogP contribution >= 0.6 is 11.8 Å². The van der Waals surface area contributed by atoms with Crippen LogP contribution in [-0.4, -0.2) is 27.5 Å². The van der Waals surface area contributed by atoms with Gasteiger partial charge < -0.3 is 10.6 Å². The average molecular weight is 385 g/mol. The average Bonchev–Trinajstić information content (AvgIpc) is 3.45. The number of carbonyl (C=O) groups excluding carboxylic acids is 2. The Morgan fingerprint density at radius 2 is 1.78 bits per heavy atom. The Hall–Kier alpha value is -2.41. The molecule has 1 aliphatic carbocycles. The van der Waals surface area contributed by atoms with Gasteiger partial charge in [-0.2, -0.15) is 0 Å². The Balaban J connectivity index is 1.49. The summed E-state index contributed by atoms with van der Waals surface area (Å²) < 4.78 is 0. The number of hydrogen-bond donors (Lipinski definition) is 2. The molecule has 1 saturated carbocycles. The maximum absolute atomic E-state index is 12.2. The summed E-state index contributed by atoms with van der Waals surface area (Å²) in [6.07, 6.45) is 1.97. The lowest BCUT2D eigenvalue weighted by molar-refractivity contribution is -0.119. The minimum absolute atomic E-state index is 0.0682. The first-order chi connectivity index (χ1) is 12.9. The number of benzene rings is 1. The van der Waals surface area contributed by atoms with E-state index in [1.807, 2.05) is 51.1 Å². The summed E-state index contributed by atoms with van der Waals surface area (Å²) in [5.74, 6) is 0.473. The molecule has 1 unspecified atom stereocenters. The minimum Gasteiger partial charge on any atom is -0.349 e. The molecule has 1 aliphatic rings. The summed E-state index contributed by atoms with van der Waals surface area (Å²) in [5, 5.41) is 6.51. The van der Waals surface area contributed by atoms with Crippen LogP contribution in [0.25, 0.3) is 0 Å². The molecule has 0 saturated heterocycles. The van der Waals surface area contributed by atoms with Crippen molar-refractivity contribution >= 4 is 29.3 Å². The number of aryl methyl sites for hydroxylation is 2. The van der Waals surface area contributed by atoms with E-state index in [0.717, 1.165) is 35.5 Å². The van der Waals surface area contributed by atoms with E-state index in [9.17, 15) is 9.59 Å². The van der Waals surface area contributed by atoms with Gasteiger partial charge in [0.2, 0.25) is 11.8 Å². The Morgan fingerprint density at radius 1 is 1.15 bits per heavy atom. The van der Waals surface area contributed by atoms with E-state index in [2.05, 4.69) is 20.6 Å². The molecule has 27 heavy (non-hydrogen) atoms. The van der Waals surface area contributed by atoms with Crippen molar-refractivity contribution in [2.45, 2.75) is 44.8 Å². The van der Waals surface area contributed by atoms with Crippen molar-refractivity contribution in [1.82, 2.24) is 15.3 Å². The number of thioether (sulfide) groups is 1. The van der Waals surface area contributed by atoms with Gasteiger partial charge in [0.25, 0.3) is 0 Å². The third-order valence-corrected chi connectivity index (χ3v) is 5.15. The van der Waals surface area contributed by atoms with Crippen molar-refractivity contribution < 1.29 is 9.59 Å². The van der Waals surface area contributed by atoms with Gasteiger partial charge in [-0.15, -0.1) is 0 Å². The molecule has 1 aromatic heterocycles. The van der Waals surface area contributed by atoms with Crippen molar-refractivity contribution in [2.24, 2.45) is 5.92 Å². The fourth-order valence-corrected chi connectivity index (χ4v) is 3.46. The number of anilines is 1. The Morgan fingerprint density at radius 3 is 2.37 bits per heavy atom. The van der Waals surface area contributed by atoms with Crippen molar-refractivity contribution in [2.75, 3.05) is 11.1 Å². The maximum Gasteiger partial charge on any atom is 0.230 e. The number of nitrogens with zero attached hydrogens (tertiary/aromatic N) is 2. The van der Waals surface area contributed by atoms with Gasteiger partial charge in [0, 0.05) is 23.0 Å². The first kappa shape index (κ1) is 19.4. The van der Waals surface area contributed by atoms with Gasteiger partial charge in [0.05, 0.1) is 11.8 Å². The third kappa shape index (κ3) is 5.79. The lowest BCUT2D eigenvalue weighted by atomic mass is 10.1. The highest BCUT2D eigenvalue weighted by Gasteiger charge is 2.29. The summed E-state index contributed by atoms with van der Waals surface area (Å²) in [7, 11) is 0. The quantitative estimate of drug-likeness (QED) is 0.564.